The van der Waals surface area contributed by atoms with E-state index in [1.54, 1.807) is 12.1 Å². The van der Waals surface area contributed by atoms with E-state index in [4.69, 9.17) is 4.42 Å². The van der Waals surface area contributed by atoms with Gasteiger partial charge in [0.2, 0.25) is 11.8 Å². The standard InChI is InChI=1S/C8H10NO2/c1-2-4-7(10)9-8-5-3-6-11-8/h3,5-6H,2,4H2,1H3. The van der Waals surface area contributed by atoms with E-state index in [1.807, 2.05) is 6.92 Å². The van der Waals surface area contributed by atoms with E-state index in [2.05, 4.69) is 5.32 Å². The number of nitrogens with zero attached hydrogens (tertiary/aromatic N) is 1. The minimum absolute atomic E-state index is 0.123. The van der Waals surface area contributed by atoms with Gasteiger partial charge in [0.1, 0.15) is 0 Å². The zero-order chi connectivity index (χ0) is 8.10. The van der Waals surface area contributed by atoms with Gasteiger partial charge in [0.25, 0.3) is 0 Å². The third-order valence-corrected chi connectivity index (χ3v) is 1.20. The van der Waals surface area contributed by atoms with Gasteiger partial charge in [-0.3, -0.25) is 4.79 Å². The third kappa shape index (κ3) is 2.45. The summed E-state index contributed by atoms with van der Waals surface area (Å²) in [5, 5.41) is 3.70. The first-order valence-electron chi connectivity index (χ1n) is 3.61. The summed E-state index contributed by atoms with van der Waals surface area (Å²) < 4.78 is 4.86. The maximum atomic E-state index is 10.9. The lowest BCUT2D eigenvalue weighted by Crippen LogP contribution is -2.08. The molecule has 3 heteroatoms. The number of amides is 1. The molecule has 0 aliphatic carbocycles. The van der Waals surface area contributed by atoms with Crippen molar-refractivity contribution >= 4 is 11.8 Å². The van der Waals surface area contributed by atoms with Crippen LogP contribution in [0.2, 0.25) is 0 Å². The van der Waals surface area contributed by atoms with E-state index in [0.29, 0.717) is 12.3 Å². The van der Waals surface area contributed by atoms with E-state index in [0.717, 1.165) is 6.42 Å². The molecule has 1 radical (unpaired) electrons. The van der Waals surface area contributed by atoms with E-state index in [1.165, 1.54) is 6.26 Å². The van der Waals surface area contributed by atoms with Crippen LogP contribution >= 0.6 is 0 Å². The highest BCUT2D eigenvalue weighted by Crippen LogP contribution is 2.07. The van der Waals surface area contributed by atoms with Crippen LogP contribution in [0.1, 0.15) is 19.8 Å². The fourth-order valence-corrected chi connectivity index (χ4v) is 0.726. The van der Waals surface area contributed by atoms with Crippen molar-refractivity contribution in [1.29, 1.82) is 0 Å². The van der Waals surface area contributed by atoms with Gasteiger partial charge in [-0.1, -0.05) is 6.92 Å². The number of hydrogen-bond donors (Lipinski definition) is 0. The lowest BCUT2D eigenvalue weighted by molar-refractivity contribution is -0.120. The summed E-state index contributed by atoms with van der Waals surface area (Å²) in [6.45, 7) is 1.94. The smallest absolute Gasteiger partial charge is 0.248 e. The van der Waals surface area contributed by atoms with E-state index < -0.39 is 0 Å². The molecule has 0 aliphatic heterocycles. The van der Waals surface area contributed by atoms with Crippen molar-refractivity contribution in [3.8, 4) is 0 Å². The van der Waals surface area contributed by atoms with Gasteiger partial charge in [0.15, 0.2) is 0 Å². The zero-order valence-corrected chi connectivity index (χ0v) is 6.41. The van der Waals surface area contributed by atoms with Gasteiger partial charge in [0, 0.05) is 12.5 Å². The molecule has 0 bridgehead atoms. The molecule has 59 valence electrons. The van der Waals surface area contributed by atoms with Crippen molar-refractivity contribution in [1.82, 2.24) is 5.32 Å². The Bertz CT molecular complexity index is 216. The highest BCUT2D eigenvalue weighted by atomic mass is 16.3. The molecule has 1 rings (SSSR count). The summed E-state index contributed by atoms with van der Waals surface area (Å²) in [5.74, 6) is 0.269. The Kier molecular flexibility index (Phi) is 2.72. The number of furan rings is 1. The molecule has 3 nitrogen and oxygen atoms in total. The Labute approximate surface area is 65.4 Å². The van der Waals surface area contributed by atoms with Crippen LogP contribution < -0.4 is 5.32 Å². The minimum Gasteiger partial charge on any atom is -0.447 e. The van der Waals surface area contributed by atoms with Gasteiger partial charge in [-0.25, -0.2) is 0 Å². The number of carbonyl (C=O) groups excluding carboxylic acids is 1. The van der Waals surface area contributed by atoms with Crippen LogP contribution in [0.15, 0.2) is 22.8 Å². The Morgan fingerprint density at radius 2 is 2.55 bits per heavy atom. The van der Waals surface area contributed by atoms with Crippen molar-refractivity contribution in [3.05, 3.63) is 18.4 Å². The molecular formula is C8H10NO2. The first kappa shape index (κ1) is 7.85. The molecule has 11 heavy (non-hydrogen) atoms. The van der Waals surface area contributed by atoms with Crippen LogP contribution in [0.3, 0.4) is 0 Å². The average molecular weight is 152 g/mol. The molecule has 0 spiro atoms. The molecule has 0 N–H and O–H groups in total. The monoisotopic (exact) mass is 152 g/mol. The largest absolute Gasteiger partial charge is 0.447 e. The lowest BCUT2D eigenvalue weighted by atomic mass is 10.3. The van der Waals surface area contributed by atoms with Crippen LogP contribution in [0, 0.1) is 0 Å². The van der Waals surface area contributed by atoms with E-state index >= 15 is 0 Å². The molecule has 0 aromatic carbocycles. The Balaban J connectivity index is 2.37. The second kappa shape index (κ2) is 3.81. The molecule has 0 aliphatic rings. The molecule has 0 unspecified atom stereocenters. The van der Waals surface area contributed by atoms with Crippen LogP contribution in [-0.2, 0) is 4.79 Å². The number of hydrogen-bond acceptors (Lipinski definition) is 2. The van der Waals surface area contributed by atoms with Gasteiger partial charge in [0.05, 0.1) is 6.26 Å². The first-order chi connectivity index (χ1) is 5.33. The molecule has 1 amide bonds. The predicted molar refractivity (Wildman–Crippen MR) is 40.4 cm³/mol. The third-order valence-electron chi connectivity index (χ3n) is 1.20. The summed E-state index contributed by atoms with van der Waals surface area (Å²) in [5.41, 5.74) is 0. The fraction of sp³-hybridized carbons (Fsp3) is 0.375. The number of carbonyl (C=O) groups is 1. The van der Waals surface area contributed by atoms with Crippen molar-refractivity contribution in [2.45, 2.75) is 19.8 Å². The normalized spacial score (nSPS) is 9.55. The summed E-state index contributed by atoms with van der Waals surface area (Å²) in [6.07, 6.45) is 2.81. The fourth-order valence-electron chi connectivity index (χ4n) is 0.726. The van der Waals surface area contributed by atoms with Crippen molar-refractivity contribution < 1.29 is 9.21 Å². The van der Waals surface area contributed by atoms with Gasteiger partial charge in [-0.2, -0.15) is 5.32 Å². The van der Waals surface area contributed by atoms with Gasteiger partial charge < -0.3 is 4.42 Å². The Morgan fingerprint density at radius 3 is 3.09 bits per heavy atom. The highest BCUT2D eigenvalue weighted by Gasteiger charge is 2.03. The highest BCUT2D eigenvalue weighted by molar-refractivity contribution is 5.79. The zero-order valence-electron chi connectivity index (χ0n) is 6.41. The topological polar surface area (TPSA) is 44.3 Å². The van der Waals surface area contributed by atoms with Crippen LogP contribution in [0.25, 0.3) is 0 Å². The SMILES string of the molecule is CCCC(=O)[N]c1ccco1. The average Bonchev–Trinajstić information content (AvgIpc) is 2.40. The first-order valence-corrected chi connectivity index (χ1v) is 3.61. The second-order valence-corrected chi connectivity index (χ2v) is 2.21. The van der Waals surface area contributed by atoms with Crippen LogP contribution in [0.4, 0.5) is 5.88 Å². The summed E-state index contributed by atoms with van der Waals surface area (Å²) in [6, 6.07) is 3.37. The van der Waals surface area contributed by atoms with Crippen molar-refractivity contribution in [2.24, 2.45) is 0 Å². The van der Waals surface area contributed by atoms with Crippen LogP contribution in [0.5, 0.6) is 0 Å². The van der Waals surface area contributed by atoms with Crippen molar-refractivity contribution in [3.63, 3.8) is 0 Å². The molecule has 0 saturated carbocycles. The van der Waals surface area contributed by atoms with E-state index in [-0.39, 0.29) is 5.91 Å². The summed E-state index contributed by atoms with van der Waals surface area (Å²) >= 11 is 0. The number of rotatable bonds is 3. The second-order valence-electron chi connectivity index (χ2n) is 2.21. The summed E-state index contributed by atoms with van der Waals surface area (Å²) in [7, 11) is 0. The van der Waals surface area contributed by atoms with Gasteiger partial charge in [-0.05, 0) is 12.5 Å². The molecule has 0 fully saturated rings. The van der Waals surface area contributed by atoms with Crippen LogP contribution in [-0.4, -0.2) is 5.91 Å². The molecule has 1 heterocycles. The van der Waals surface area contributed by atoms with Gasteiger partial charge in [-0.15, -0.1) is 0 Å². The maximum absolute atomic E-state index is 10.9. The molecule has 0 saturated heterocycles. The summed E-state index contributed by atoms with van der Waals surface area (Å²) in [4.78, 5) is 10.9. The van der Waals surface area contributed by atoms with Crippen molar-refractivity contribution in [2.75, 3.05) is 0 Å². The Morgan fingerprint density at radius 1 is 1.73 bits per heavy atom. The molecule has 1 aromatic rings. The molecule has 0 atom stereocenters. The molecule has 1 aromatic heterocycles. The molecular weight excluding hydrogens is 142 g/mol. The quantitative estimate of drug-likeness (QED) is 0.663. The minimum atomic E-state index is -0.123. The van der Waals surface area contributed by atoms with E-state index in [9.17, 15) is 4.79 Å². The predicted octanol–water partition coefficient (Wildman–Crippen LogP) is 1.84. The lowest BCUT2D eigenvalue weighted by Gasteiger charge is -1.93. The maximum Gasteiger partial charge on any atom is 0.248 e. The van der Waals surface area contributed by atoms with Gasteiger partial charge >= 0.3 is 0 Å². The Hall–Kier alpha value is -1.25.